The van der Waals surface area contributed by atoms with E-state index in [0.717, 1.165) is 50.0 Å². The molecule has 1 N–H and O–H groups in total. The van der Waals surface area contributed by atoms with Crippen molar-refractivity contribution in [1.82, 2.24) is 20.0 Å². The fraction of sp³-hybridized carbons (Fsp3) is 0.652. The number of likely N-dealkylation sites (tertiary alicyclic amines) is 2. The molecule has 0 aliphatic carbocycles. The van der Waals surface area contributed by atoms with E-state index in [-0.39, 0.29) is 29.9 Å². The second kappa shape index (κ2) is 9.39. The maximum absolute atomic E-state index is 12.9. The van der Waals surface area contributed by atoms with Gasteiger partial charge in [0, 0.05) is 51.2 Å². The Morgan fingerprint density at radius 1 is 1.12 bits per heavy atom. The zero-order valence-electron chi connectivity index (χ0n) is 18.4. The highest BCUT2D eigenvalue weighted by atomic mass is 19.4. The Morgan fingerprint density at radius 2 is 1.81 bits per heavy atom. The molecule has 3 fully saturated rings. The number of rotatable bonds is 5. The molecule has 32 heavy (non-hydrogen) atoms. The van der Waals surface area contributed by atoms with Crippen LogP contribution in [0.4, 0.5) is 13.2 Å². The average Bonchev–Trinajstić information content (AvgIpc) is 3.41. The van der Waals surface area contributed by atoms with Gasteiger partial charge in [-0.2, -0.15) is 13.2 Å². The van der Waals surface area contributed by atoms with Crippen molar-refractivity contribution < 1.29 is 22.8 Å². The van der Waals surface area contributed by atoms with Crippen LogP contribution < -0.4 is 5.32 Å². The van der Waals surface area contributed by atoms with Gasteiger partial charge in [-0.25, -0.2) is 0 Å². The fourth-order valence-electron chi connectivity index (χ4n) is 5.27. The molecule has 1 aromatic carbocycles. The molecule has 176 valence electrons. The van der Waals surface area contributed by atoms with Crippen LogP contribution in [0.25, 0.3) is 0 Å². The summed E-state index contributed by atoms with van der Waals surface area (Å²) in [5.74, 6) is 0.151. The maximum Gasteiger partial charge on any atom is 0.416 e. The number of amides is 2. The Hall–Kier alpha value is -2.13. The number of hydrogen-bond acceptors (Lipinski definition) is 4. The molecule has 3 heterocycles. The van der Waals surface area contributed by atoms with Crippen LogP contribution in [0.15, 0.2) is 24.3 Å². The maximum atomic E-state index is 12.9. The monoisotopic (exact) mass is 452 g/mol. The number of fused-ring (bicyclic) bond motifs is 1. The Balaban J connectivity index is 1.38. The molecule has 0 aromatic heterocycles. The smallest absolute Gasteiger partial charge is 0.353 e. The molecule has 1 aromatic rings. The highest BCUT2D eigenvalue weighted by Gasteiger charge is 2.45. The molecule has 0 spiro atoms. The molecule has 3 atom stereocenters. The van der Waals surface area contributed by atoms with Crippen LogP contribution in [0.3, 0.4) is 0 Å². The van der Waals surface area contributed by atoms with E-state index in [1.54, 1.807) is 0 Å². The summed E-state index contributed by atoms with van der Waals surface area (Å²) in [6.07, 6.45) is -0.211. The van der Waals surface area contributed by atoms with Crippen LogP contribution in [0.1, 0.15) is 43.2 Å². The lowest BCUT2D eigenvalue weighted by Gasteiger charge is -2.33. The first-order valence-electron chi connectivity index (χ1n) is 11.4. The van der Waals surface area contributed by atoms with Gasteiger partial charge in [0.05, 0.1) is 5.56 Å². The van der Waals surface area contributed by atoms with Crippen molar-refractivity contribution in [2.75, 3.05) is 33.2 Å². The number of alkyl halides is 3. The van der Waals surface area contributed by atoms with E-state index < -0.39 is 11.7 Å². The number of hydrogen-bond donors (Lipinski definition) is 1. The van der Waals surface area contributed by atoms with E-state index in [2.05, 4.69) is 15.1 Å². The molecule has 0 bridgehead atoms. The fourth-order valence-corrected chi connectivity index (χ4v) is 5.27. The number of halogens is 3. The van der Waals surface area contributed by atoms with Crippen molar-refractivity contribution in [2.24, 2.45) is 0 Å². The molecule has 6 nitrogen and oxygen atoms in total. The van der Waals surface area contributed by atoms with Crippen molar-refractivity contribution in [3.8, 4) is 0 Å². The summed E-state index contributed by atoms with van der Waals surface area (Å²) >= 11 is 0. The quantitative estimate of drug-likeness (QED) is 0.746. The zero-order chi connectivity index (χ0) is 22.9. The van der Waals surface area contributed by atoms with Gasteiger partial charge in [-0.1, -0.05) is 12.1 Å². The van der Waals surface area contributed by atoms with Gasteiger partial charge in [-0.05, 0) is 50.4 Å². The van der Waals surface area contributed by atoms with Gasteiger partial charge in [-0.15, -0.1) is 0 Å². The Kier molecular flexibility index (Phi) is 6.76. The lowest BCUT2D eigenvalue weighted by molar-refractivity contribution is -0.137. The molecule has 0 saturated carbocycles. The third-order valence-electron chi connectivity index (χ3n) is 7.17. The molecule has 4 rings (SSSR count). The molecule has 3 unspecified atom stereocenters. The van der Waals surface area contributed by atoms with Crippen molar-refractivity contribution >= 4 is 11.8 Å². The first-order chi connectivity index (χ1) is 15.2. The van der Waals surface area contributed by atoms with E-state index in [1.807, 2.05) is 11.9 Å². The van der Waals surface area contributed by atoms with Gasteiger partial charge in [0.2, 0.25) is 11.8 Å². The molecular weight excluding hydrogens is 421 g/mol. The standard InChI is InChI=1S/C23H31F3N4O2/c1-28-18(8-9-20(31)29-11-2-3-12-29)14-27-22(32)21-19(28)10-13-30(21)15-16-4-6-17(7-5-16)23(24,25)26/h4-7,18-19,21H,2-3,8-15H2,1H3,(H,27,32). The van der Waals surface area contributed by atoms with E-state index in [1.165, 1.54) is 12.1 Å². The molecule has 3 aliphatic rings. The molecule has 9 heteroatoms. The summed E-state index contributed by atoms with van der Waals surface area (Å²) in [6.45, 7) is 3.33. The predicted octanol–water partition coefficient (Wildman–Crippen LogP) is 2.48. The average molecular weight is 453 g/mol. The van der Waals surface area contributed by atoms with Gasteiger partial charge < -0.3 is 10.2 Å². The lowest BCUT2D eigenvalue weighted by atomic mass is 10.0. The number of nitrogens with one attached hydrogen (secondary N) is 1. The molecule has 0 radical (unpaired) electrons. The second-order valence-corrected chi connectivity index (χ2v) is 9.16. The van der Waals surface area contributed by atoms with Crippen molar-refractivity contribution in [2.45, 2.75) is 63.0 Å². The minimum Gasteiger partial charge on any atom is -0.353 e. The Labute approximate surface area is 186 Å². The minimum atomic E-state index is -4.35. The van der Waals surface area contributed by atoms with Crippen molar-refractivity contribution in [3.05, 3.63) is 35.4 Å². The van der Waals surface area contributed by atoms with Gasteiger partial charge in [-0.3, -0.25) is 19.4 Å². The number of likely N-dealkylation sites (N-methyl/N-ethyl adjacent to an activating group) is 1. The molecule has 2 amide bonds. The lowest BCUT2D eigenvalue weighted by Crippen LogP contribution is -2.49. The summed E-state index contributed by atoms with van der Waals surface area (Å²) < 4.78 is 38.5. The molecule has 3 saturated heterocycles. The first-order valence-corrected chi connectivity index (χ1v) is 11.4. The van der Waals surface area contributed by atoms with Gasteiger partial charge in [0.25, 0.3) is 0 Å². The first kappa shape index (κ1) is 23.0. The van der Waals surface area contributed by atoms with Crippen LogP contribution in [-0.4, -0.2) is 77.9 Å². The summed E-state index contributed by atoms with van der Waals surface area (Å²) in [7, 11) is 2.02. The summed E-state index contributed by atoms with van der Waals surface area (Å²) in [6, 6.07) is 4.93. The van der Waals surface area contributed by atoms with Crippen molar-refractivity contribution in [1.29, 1.82) is 0 Å². The largest absolute Gasteiger partial charge is 0.416 e. The normalized spacial score (nSPS) is 27.3. The number of carbonyl (C=O) groups excluding carboxylic acids is 2. The van der Waals surface area contributed by atoms with Crippen LogP contribution >= 0.6 is 0 Å². The topological polar surface area (TPSA) is 55.9 Å². The van der Waals surface area contributed by atoms with Crippen LogP contribution in [0, 0.1) is 0 Å². The Morgan fingerprint density at radius 3 is 2.47 bits per heavy atom. The van der Waals surface area contributed by atoms with Crippen LogP contribution in [-0.2, 0) is 22.3 Å². The molecular formula is C23H31F3N4O2. The minimum absolute atomic E-state index is 0.0267. The van der Waals surface area contributed by atoms with Crippen LogP contribution in [0.2, 0.25) is 0 Å². The molecule has 3 aliphatic heterocycles. The number of benzene rings is 1. The third kappa shape index (κ3) is 4.93. The van der Waals surface area contributed by atoms with Crippen LogP contribution in [0.5, 0.6) is 0 Å². The van der Waals surface area contributed by atoms with Gasteiger partial charge >= 0.3 is 6.18 Å². The predicted molar refractivity (Wildman–Crippen MR) is 114 cm³/mol. The number of nitrogens with zero attached hydrogens (tertiary/aromatic N) is 3. The van der Waals surface area contributed by atoms with Gasteiger partial charge in [0.1, 0.15) is 6.04 Å². The van der Waals surface area contributed by atoms with E-state index in [9.17, 15) is 22.8 Å². The second-order valence-electron chi connectivity index (χ2n) is 9.16. The SMILES string of the molecule is CN1C(CCC(=O)N2CCCC2)CNC(=O)C2C1CCN2Cc1ccc(C(F)(F)F)cc1. The zero-order valence-corrected chi connectivity index (χ0v) is 18.4. The third-order valence-corrected chi connectivity index (χ3v) is 7.17. The highest BCUT2D eigenvalue weighted by molar-refractivity contribution is 5.83. The summed E-state index contributed by atoms with van der Waals surface area (Å²) in [5.41, 5.74) is 0.0879. The highest BCUT2D eigenvalue weighted by Crippen LogP contribution is 2.31. The summed E-state index contributed by atoms with van der Waals surface area (Å²) in [4.78, 5) is 31.6. The van der Waals surface area contributed by atoms with Gasteiger partial charge in [0.15, 0.2) is 0 Å². The number of carbonyl (C=O) groups is 2. The van der Waals surface area contributed by atoms with E-state index in [4.69, 9.17) is 0 Å². The summed E-state index contributed by atoms with van der Waals surface area (Å²) in [5, 5.41) is 3.04. The van der Waals surface area contributed by atoms with E-state index >= 15 is 0 Å². The van der Waals surface area contributed by atoms with E-state index in [0.29, 0.717) is 32.5 Å². The Bertz CT molecular complexity index is 824. The van der Waals surface area contributed by atoms with Crippen molar-refractivity contribution in [3.63, 3.8) is 0 Å².